The van der Waals surface area contributed by atoms with Crippen molar-refractivity contribution in [3.05, 3.63) is 24.2 Å². The predicted molar refractivity (Wildman–Crippen MR) is 74.6 cm³/mol. The molecule has 3 heteroatoms. The lowest BCUT2D eigenvalue weighted by Gasteiger charge is -2.36. The van der Waals surface area contributed by atoms with Crippen LogP contribution >= 0.6 is 0 Å². The summed E-state index contributed by atoms with van der Waals surface area (Å²) in [5.41, 5.74) is 1.30. The molecule has 18 heavy (non-hydrogen) atoms. The standard InChI is InChI=1S/C15H26N2O/c1-12(2)16-9-14-5-4-7-17(10-14)13(3)15-6-8-18-11-15/h6,8,11-14,16H,4-5,7,9-10H2,1-3H3. The van der Waals surface area contributed by atoms with Crippen molar-refractivity contribution in [3.8, 4) is 0 Å². The highest BCUT2D eigenvalue weighted by atomic mass is 16.3. The minimum absolute atomic E-state index is 0.477. The maximum absolute atomic E-state index is 5.19. The van der Waals surface area contributed by atoms with E-state index in [1.807, 2.05) is 6.26 Å². The van der Waals surface area contributed by atoms with Crippen LogP contribution in [0.2, 0.25) is 0 Å². The summed E-state index contributed by atoms with van der Waals surface area (Å²) in [5, 5.41) is 3.56. The largest absolute Gasteiger partial charge is 0.472 e. The SMILES string of the molecule is CC(C)NCC1CCCN(C(C)c2ccoc2)C1. The number of piperidine rings is 1. The van der Waals surface area contributed by atoms with Gasteiger partial charge in [-0.05, 0) is 44.8 Å². The topological polar surface area (TPSA) is 28.4 Å². The van der Waals surface area contributed by atoms with E-state index in [0.29, 0.717) is 12.1 Å². The van der Waals surface area contributed by atoms with Gasteiger partial charge in [-0.3, -0.25) is 4.90 Å². The molecule has 1 aliphatic rings. The van der Waals surface area contributed by atoms with Crippen LogP contribution in [0, 0.1) is 5.92 Å². The molecule has 1 fully saturated rings. The van der Waals surface area contributed by atoms with Crippen molar-refractivity contribution in [2.75, 3.05) is 19.6 Å². The molecule has 2 heterocycles. The van der Waals surface area contributed by atoms with E-state index in [0.717, 1.165) is 12.5 Å². The molecule has 2 rings (SSSR count). The van der Waals surface area contributed by atoms with Gasteiger partial charge in [0.25, 0.3) is 0 Å². The smallest absolute Gasteiger partial charge is 0.0950 e. The fourth-order valence-corrected chi connectivity index (χ4v) is 2.74. The maximum atomic E-state index is 5.19. The molecular weight excluding hydrogens is 224 g/mol. The molecule has 1 aromatic rings. The maximum Gasteiger partial charge on any atom is 0.0950 e. The summed E-state index contributed by atoms with van der Waals surface area (Å²) in [4.78, 5) is 2.58. The zero-order valence-corrected chi connectivity index (χ0v) is 11.9. The van der Waals surface area contributed by atoms with Crippen LogP contribution in [0.4, 0.5) is 0 Å². The Hall–Kier alpha value is -0.800. The van der Waals surface area contributed by atoms with Crippen molar-refractivity contribution in [1.29, 1.82) is 0 Å². The number of furan rings is 1. The zero-order valence-electron chi connectivity index (χ0n) is 11.9. The highest BCUT2D eigenvalue weighted by Crippen LogP contribution is 2.26. The van der Waals surface area contributed by atoms with Gasteiger partial charge in [-0.25, -0.2) is 0 Å². The molecule has 102 valence electrons. The van der Waals surface area contributed by atoms with E-state index in [9.17, 15) is 0 Å². The average Bonchev–Trinajstić information content (AvgIpc) is 2.89. The summed E-state index contributed by atoms with van der Waals surface area (Å²) in [6.45, 7) is 10.3. The number of nitrogens with zero attached hydrogens (tertiary/aromatic N) is 1. The van der Waals surface area contributed by atoms with Gasteiger partial charge in [0.15, 0.2) is 0 Å². The molecule has 0 amide bonds. The van der Waals surface area contributed by atoms with Crippen LogP contribution < -0.4 is 5.32 Å². The second-order valence-corrected chi connectivity index (χ2v) is 5.80. The number of nitrogens with one attached hydrogen (secondary N) is 1. The Morgan fingerprint density at radius 1 is 1.44 bits per heavy atom. The molecule has 1 saturated heterocycles. The molecular formula is C15H26N2O. The van der Waals surface area contributed by atoms with E-state index in [-0.39, 0.29) is 0 Å². The summed E-state index contributed by atoms with van der Waals surface area (Å²) in [5.74, 6) is 0.788. The van der Waals surface area contributed by atoms with E-state index in [1.54, 1.807) is 6.26 Å². The fraction of sp³-hybridized carbons (Fsp3) is 0.733. The van der Waals surface area contributed by atoms with Gasteiger partial charge in [-0.2, -0.15) is 0 Å². The minimum atomic E-state index is 0.477. The zero-order chi connectivity index (χ0) is 13.0. The molecule has 0 saturated carbocycles. The molecule has 0 radical (unpaired) electrons. The summed E-state index contributed by atoms with van der Waals surface area (Å²) < 4.78 is 5.19. The summed E-state index contributed by atoms with van der Waals surface area (Å²) in [6, 6.07) is 3.15. The second kappa shape index (κ2) is 6.39. The van der Waals surface area contributed by atoms with Crippen LogP contribution in [0.15, 0.2) is 23.0 Å². The molecule has 1 aromatic heterocycles. The molecule has 0 aromatic carbocycles. The Kier molecular flexibility index (Phi) is 4.84. The highest BCUT2D eigenvalue weighted by Gasteiger charge is 2.24. The minimum Gasteiger partial charge on any atom is -0.472 e. The third kappa shape index (κ3) is 3.59. The van der Waals surface area contributed by atoms with Crippen LogP contribution in [0.25, 0.3) is 0 Å². The first-order chi connectivity index (χ1) is 8.66. The first-order valence-corrected chi connectivity index (χ1v) is 7.16. The van der Waals surface area contributed by atoms with Gasteiger partial charge in [0, 0.05) is 24.2 Å². The molecule has 1 N–H and O–H groups in total. The predicted octanol–water partition coefficient (Wildman–Crippen LogP) is 3.05. The van der Waals surface area contributed by atoms with Crippen molar-refractivity contribution in [1.82, 2.24) is 10.2 Å². The van der Waals surface area contributed by atoms with E-state index >= 15 is 0 Å². The van der Waals surface area contributed by atoms with Crippen molar-refractivity contribution in [2.45, 2.75) is 45.7 Å². The third-order valence-electron chi connectivity index (χ3n) is 3.94. The lowest BCUT2D eigenvalue weighted by atomic mass is 9.95. The lowest BCUT2D eigenvalue weighted by molar-refractivity contribution is 0.129. The van der Waals surface area contributed by atoms with Gasteiger partial charge in [0.2, 0.25) is 0 Å². The molecule has 0 spiro atoms. The quantitative estimate of drug-likeness (QED) is 0.870. The van der Waals surface area contributed by atoms with E-state index < -0.39 is 0 Å². The van der Waals surface area contributed by atoms with Gasteiger partial charge in [-0.15, -0.1) is 0 Å². The van der Waals surface area contributed by atoms with Crippen LogP contribution in [-0.4, -0.2) is 30.6 Å². The summed E-state index contributed by atoms with van der Waals surface area (Å²) in [7, 11) is 0. The Morgan fingerprint density at radius 2 is 2.28 bits per heavy atom. The van der Waals surface area contributed by atoms with Gasteiger partial charge in [0.1, 0.15) is 0 Å². The third-order valence-corrected chi connectivity index (χ3v) is 3.94. The van der Waals surface area contributed by atoms with Gasteiger partial charge in [-0.1, -0.05) is 13.8 Å². The molecule has 3 nitrogen and oxygen atoms in total. The number of hydrogen-bond acceptors (Lipinski definition) is 3. The molecule has 2 unspecified atom stereocenters. The van der Waals surface area contributed by atoms with Crippen molar-refractivity contribution in [3.63, 3.8) is 0 Å². The Bertz CT molecular complexity index is 334. The summed E-state index contributed by atoms with van der Waals surface area (Å²) in [6.07, 6.45) is 6.31. The summed E-state index contributed by atoms with van der Waals surface area (Å²) >= 11 is 0. The molecule has 1 aliphatic heterocycles. The Morgan fingerprint density at radius 3 is 2.94 bits per heavy atom. The Labute approximate surface area is 111 Å². The molecule has 0 bridgehead atoms. The van der Waals surface area contributed by atoms with E-state index in [4.69, 9.17) is 4.42 Å². The number of rotatable bonds is 5. The van der Waals surface area contributed by atoms with Crippen molar-refractivity contribution < 1.29 is 4.42 Å². The van der Waals surface area contributed by atoms with E-state index in [1.165, 1.54) is 31.5 Å². The lowest BCUT2D eigenvalue weighted by Crippen LogP contribution is -2.41. The van der Waals surface area contributed by atoms with Crippen molar-refractivity contribution >= 4 is 0 Å². The van der Waals surface area contributed by atoms with Gasteiger partial charge in [0.05, 0.1) is 12.5 Å². The van der Waals surface area contributed by atoms with E-state index in [2.05, 4.69) is 37.1 Å². The van der Waals surface area contributed by atoms with Crippen LogP contribution in [-0.2, 0) is 0 Å². The van der Waals surface area contributed by atoms with Crippen molar-refractivity contribution in [2.24, 2.45) is 5.92 Å². The number of likely N-dealkylation sites (tertiary alicyclic amines) is 1. The first kappa shape index (κ1) is 13.6. The normalized spacial score (nSPS) is 23.4. The molecule has 2 atom stereocenters. The van der Waals surface area contributed by atoms with Crippen LogP contribution in [0.1, 0.15) is 45.2 Å². The monoisotopic (exact) mass is 250 g/mol. The van der Waals surface area contributed by atoms with Gasteiger partial charge < -0.3 is 9.73 Å². The first-order valence-electron chi connectivity index (χ1n) is 7.16. The molecule has 0 aliphatic carbocycles. The van der Waals surface area contributed by atoms with Gasteiger partial charge >= 0.3 is 0 Å². The van der Waals surface area contributed by atoms with Crippen LogP contribution in [0.5, 0.6) is 0 Å². The van der Waals surface area contributed by atoms with Crippen LogP contribution in [0.3, 0.4) is 0 Å². The fourth-order valence-electron chi connectivity index (χ4n) is 2.74. The Balaban J connectivity index is 1.86. The average molecular weight is 250 g/mol. The second-order valence-electron chi connectivity index (χ2n) is 5.80. The highest BCUT2D eigenvalue weighted by molar-refractivity contribution is 5.11. The number of hydrogen-bond donors (Lipinski definition) is 1.